The average Bonchev–Trinajstić information content (AvgIpc) is 2.82. The van der Waals surface area contributed by atoms with Crippen molar-refractivity contribution in [3.63, 3.8) is 0 Å². The number of ether oxygens (including phenoxy) is 2. The number of amides is 1. The number of ketones is 1. The Labute approximate surface area is 137 Å². The summed E-state index contributed by atoms with van der Waals surface area (Å²) in [6.07, 6.45) is 3.79. The summed E-state index contributed by atoms with van der Waals surface area (Å²) in [5.74, 6) is 0.869. The van der Waals surface area contributed by atoms with Crippen LogP contribution in [0, 0.1) is 0 Å². The molecule has 0 bridgehead atoms. The number of nitrogens with zero attached hydrogens (tertiary/aromatic N) is 1. The molecule has 1 amide bonds. The molecular formula is C18H25NO4. The van der Waals surface area contributed by atoms with Gasteiger partial charge in [0.15, 0.2) is 11.9 Å². The Hall–Kier alpha value is -2.04. The van der Waals surface area contributed by atoms with Crippen molar-refractivity contribution in [1.82, 2.24) is 4.90 Å². The van der Waals surface area contributed by atoms with Crippen molar-refractivity contribution >= 4 is 11.7 Å². The van der Waals surface area contributed by atoms with Crippen LogP contribution in [0.1, 0.15) is 49.9 Å². The summed E-state index contributed by atoms with van der Waals surface area (Å²) in [5, 5.41) is 0. The number of Topliss-reactive ketones (excluding diaryl/α,β-unsaturated/α-hetero) is 1. The number of methoxy groups -OCH3 is 1. The highest BCUT2D eigenvalue weighted by Gasteiger charge is 2.24. The fraction of sp³-hybridized carbons (Fsp3) is 0.556. The zero-order valence-corrected chi connectivity index (χ0v) is 14.1. The molecular weight excluding hydrogens is 294 g/mol. The summed E-state index contributed by atoms with van der Waals surface area (Å²) < 4.78 is 11.0. The van der Waals surface area contributed by atoms with Crippen LogP contribution >= 0.6 is 0 Å². The molecule has 5 nitrogen and oxygen atoms in total. The summed E-state index contributed by atoms with van der Waals surface area (Å²) in [4.78, 5) is 26.2. The molecule has 0 saturated carbocycles. The lowest BCUT2D eigenvalue weighted by Gasteiger charge is -2.25. The Morgan fingerprint density at radius 1 is 1.13 bits per heavy atom. The number of hydrogen-bond donors (Lipinski definition) is 0. The van der Waals surface area contributed by atoms with Gasteiger partial charge >= 0.3 is 0 Å². The van der Waals surface area contributed by atoms with Gasteiger partial charge in [-0.15, -0.1) is 0 Å². The smallest absolute Gasteiger partial charge is 0.263 e. The van der Waals surface area contributed by atoms with Gasteiger partial charge in [0.05, 0.1) is 12.7 Å². The second kappa shape index (κ2) is 7.99. The predicted molar refractivity (Wildman–Crippen MR) is 88.1 cm³/mol. The van der Waals surface area contributed by atoms with Crippen LogP contribution in [0.5, 0.6) is 11.5 Å². The summed E-state index contributed by atoms with van der Waals surface area (Å²) >= 11 is 0. The van der Waals surface area contributed by atoms with Crippen LogP contribution in [-0.4, -0.2) is 42.9 Å². The fourth-order valence-electron chi connectivity index (χ4n) is 2.81. The van der Waals surface area contributed by atoms with E-state index in [0.717, 1.165) is 25.9 Å². The van der Waals surface area contributed by atoms with Gasteiger partial charge in [-0.1, -0.05) is 12.8 Å². The second-order valence-electron chi connectivity index (χ2n) is 5.92. The van der Waals surface area contributed by atoms with E-state index in [1.807, 2.05) is 4.90 Å². The molecule has 1 aliphatic rings. The van der Waals surface area contributed by atoms with Crippen LogP contribution in [0.4, 0.5) is 0 Å². The third-order valence-corrected chi connectivity index (χ3v) is 4.14. The number of hydrogen-bond acceptors (Lipinski definition) is 4. The van der Waals surface area contributed by atoms with E-state index in [9.17, 15) is 9.59 Å². The molecule has 0 radical (unpaired) electrons. The first-order valence-corrected chi connectivity index (χ1v) is 8.17. The van der Waals surface area contributed by atoms with Gasteiger partial charge in [0.25, 0.3) is 5.91 Å². The number of likely N-dealkylation sites (tertiary alicyclic amines) is 1. The molecule has 0 aliphatic carbocycles. The third-order valence-electron chi connectivity index (χ3n) is 4.14. The highest BCUT2D eigenvalue weighted by molar-refractivity contribution is 5.97. The van der Waals surface area contributed by atoms with Crippen LogP contribution in [0.15, 0.2) is 18.2 Å². The quantitative estimate of drug-likeness (QED) is 0.783. The molecule has 1 saturated heterocycles. The maximum Gasteiger partial charge on any atom is 0.263 e. The molecule has 1 aliphatic heterocycles. The van der Waals surface area contributed by atoms with Gasteiger partial charge in [-0.05, 0) is 38.8 Å². The van der Waals surface area contributed by atoms with E-state index >= 15 is 0 Å². The number of benzene rings is 1. The van der Waals surface area contributed by atoms with E-state index in [0.29, 0.717) is 17.1 Å². The Morgan fingerprint density at radius 3 is 2.35 bits per heavy atom. The molecule has 0 spiro atoms. The molecule has 1 aromatic rings. The minimum Gasteiger partial charge on any atom is -0.497 e. The largest absolute Gasteiger partial charge is 0.497 e. The molecule has 1 atom stereocenters. The standard InChI is InChI=1S/C18H25NO4/c1-13(20)16-9-8-15(22-3)12-17(16)23-14(2)18(21)19-10-6-4-5-7-11-19/h8-9,12,14H,4-7,10-11H2,1-3H3/t14-/m0/s1. The molecule has 1 aromatic carbocycles. The molecule has 2 rings (SSSR count). The number of rotatable bonds is 5. The summed E-state index contributed by atoms with van der Waals surface area (Å²) in [6.45, 7) is 4.78. The van der Waals surface area contributed by atoms with Gasteiger partial charge in [0, 0.05) is 19.2 Å². The molecule has 126 valence electrons. The van der Waals surface area contributed by atoms with E-state index < -0.39 is 6.10 Å². The molecule has 0 aromatic heterocycles. The summed E-state index contributed by atoms with van der Waals surface area (Å²) in [7, 11) is 1.55. The molecule has 1 heterocycles. The topological polar surface area (TPSA) is 55.8 Å². The fourth-order valence-corrected chi connectivity index (χ4v) is 2.81. The zero-order chi connectivity index (χ0) is 16.8. The number of carbonyl (C=O) groups excluding carboxylic acids is 2. The normalized spacial score (nSPS) is 16.4. The second-order valence-corrected chi connectivity index (χ2v) is 5.92. The highest BCUT2D eigenvalue weighted by Crippen LogP contribution is 2.26. The molecule has 1 fully saturated rings. The van der Waals surface area contributed by atoms with Crippen molar-refractivity contribution in [3.8, 4) is 11.5 Å². The van der Waals surface area contributed by atoms with Crippen molar-refractivity contribution in [2.45, 2.75) is 45.6 Å². The van der Waals surface area contributed by atoms with Gasteiger partial charge in [0.1, 0.15) is 11.5 Å². The highest BCUT2D eigenvalue weighted by atomic mass is 16.5. The van der Waals surface area contributed by atoms with Gasteiger partial charge in [0.2, 0.25) is 0 Å². The monoisotopic (exact) mass is 319 g/mol. The minimum absolute atomic E-state index is 0.0239. The first kappa shape index (κ1) is 17.3. The minimum atomic E-state index is -0.627. The lowest BCUT2D eigenvalue weighted by molar-refractivity contribution is -0.137. The van der Waals surface area contributed by atoms with Crippen LogP contribution in [-0.2, 0) is 4.79 Å². The van der Waals surface area contributed by atoms with Crippen molar-refractivity contribution in [3.05, 3.63) is 23.8 Å². The van der Waals surface area contributed by atoms with E-state index in [1.165, 1.54) is 19.8 Å². The van der Waals surface area contributed by atoms with E-state index in [4.69, 9.17) is 9.47 Å². The lowest BCUT2D eigenvalue weighted by atomic mass is 10.1. The van der Waals surface area contributed by atoms with Crippen molar-refractivity contribution in [2.24, 2.45) is 0 Å². The van der Waals surface area contributed by atoms with Crippen molar-refractivity contribution in [2.75, 3.05) is 20.2 Å². The summed E-state index contributed by atoms with van der Waals surface area (Å²) in [5.41, 5.74) is 0.460. The zero-order valence-electron chi connectivity index (χ0n) is 14.1. The first-order chi connectivity index (χ1) is 11.0. The lowest BCUT2D eigenvalue weighted by Crippen LogP contribution is -2.41. The summed E-state index contributed by atoms with van der Waals surface area (Å²) in [6, 6.07) is 5.04. The van der Waals surface area contributed by atoms with Crippen LogP contribution in [0.2, 0.25) is 0 Å². The Kier molecular flexibility index (Phi) is 6.02. The van der Waals surface area contributed by atoms with Gasteiger partial charge in [-0.25, -0.2) is 0 Å². The van der Waals surface area contributed by atoms with Crippen LogP contribution in [0.3, 0.4) is 0 Å². The molecule has 5 heteroatoms. The van der Waals surface area contributed by atoms with Crippen LogP contribution < -0.4 is 9.47 Å². The Bertz CT molecular complexity index is 562. The molecule has 0 N–H and O–H groups in total. The van der Waals surface area contributed by atoms with Crippen LogP contribution in [0.25, 0.3) is 0 Å². The average molecular weight is 319 g/mol. The maximum atomic E-state index is 12.6. The Balaban J connectivity index is 2.13. The molecule has 0 unspecified atom stereocenters. The Morgan fingerprint density at radius 2 is 1.78 bits per heavy atom. The maximum absolute atomic E-state index is 12.6. The van der Waals surface area contributed by atoms with Crippen molar-refractivity contribution in [1.29, 1.82) is 0 Å². The molecule has 23 heavy (non-hydrogen) atoms. The van der Waals surface area contributed by atoms with Gasteiger partial charge in [-0.3, -0.25) is 9.59 Å². The first-order valence-electron chi connectivity index (χ1n) is 8.17. The van der Waals surface area contributed by atoms with Gasteiger partial charge in [-0.2, -0.15) is 0 Å². The number of carbonyl (C=O) groups is 2. The SMILES string of the molecule is COc1ccc(C(C)=O)c(O[C@@H](C)C(=O)N2CCCCCC2)c1. The van der Waals surface area contributed by atoms with E-state index in [-0.39, 0.29) is 11.7 Å². The van der Waals surface area contributed by atoms with E-state index in [1.54, 1.807) is 32.2 Å². The van der Waals surface area contributed by atoms with E-state index in [2.05, 4.69) is 0 Å². The van der Waals surface area contributed by atoms with Gasteiger partial charge < -0.3 is 14.4 Å². The third kappa shape index (κ3) is 4.47. The van der Waals surface area contributed by atoms with Crippen molar-refractivity contribution < 1.29 is 19.1 Å². The predicted octanol–water partition coefficient (Wildman–Crippen LogP) is 3.07.